The van der Waals surface area contributed by atoms with Crippen LogP contribution in [-0.2, 0) is 9.59 Å². The molecule has 0 heterocycles. The zero-order valence-corrected chi connectivity index (χ0v) is 9.45. The highest BCUT2D eigenvalue weighted by atomic mass is 32.2. The molecule has 0 aliphatic carbocycles. The fourth-order valence-electron chi connectivity index (χ4n) is 1.03. The summed E-state index contributed by atoms with van der Waals surface area (Å²) in [6, 6.07) is 7.30. The molecule has 0 atom stereocenters. The molecule has 0 aliphatic rings. The molecule has 2 N–H and O–H groups in total. The highest BCUT2D eigenvalue weighted by Crippen LogP contribution is 2.18. The average molecular weight is 237 g/mol. The highest BCUT2D eigenvalue weighted by Gasteiger charge is 1.99. The SMILES string of the molecule is CSc1cccc(NC(=O)C=CC(=O)O)c1. The van der Waals surface area contributed by atoms with Gasteiger partial charge in [-0.2, -0.15) is 0 Å². The van der Waals surface area contributed by atoms with Crippen LogP contribution in [0.4, 0.5) is 5.69 Å². The lowest BCUT2D eigenvalue weighted by Crippen LogP contribution is -2.08. The van der Waals surface area contributed by atoms with Crippen LogP contribution >= 0.6 is 11.8 Å². The van der Waals surface area contributed by atoms with Crippen molar-refractivity contribution in [2.24, 2.45) is 0 Å². The second-order valence-electron chi connectivity index (χ2n) is 2.89. The van der Waals surface area contributed by atoms with Crippen LogP contribution in [-0.4, -0.2) is 23.2 Å². The summed E-state index contributed by atoms with van der Waals surface area (Å²) in [6.07, 6.45) is 3.72. The number of thioether (sulfide) groups is 1. The van der Waals surface area contributed by atoms with E-state index >= 15 is 0 Å². The van der Waals surface area contributed by atoms with E-state index in [0.29, 0.717) is 5.69 Å². The molecular formula is C11H11NO3S. The number of nitrogens with one attached hydrogen (secondary N) is 1. The number of anilines is 1. The van der Waals surface area contributed by atoms with E-state index in [-0.39, 0.29) is 0 Å². The summed E-state index contributed by atoms with van der Waals surface area (Å²) in [5.74, 6) is -1.60. The Balaban J connectivity index is 2.65. The number of carbonyl (C=O) groups is 2. The molecule has 0 aromatic heterocycles. The number of carboxylic acids is 1. The molecule has 1 rings (SSSR count). The minimum Gasteiger partial charge on any atom is -0.478 e. The molecule has 0 saturated carbocycles. The first-order valence-corrected chi connectivity index (χ1v) is 5.70. The summed E-state index contributed by atoms with van der Waals surface area (Å²) in [4.78, 5) is 22.5. The van der Waals surface area contributed by atoms with E-state index in [4.69, 9.17) is 5.11 Å². The fourth-order valence-corrected chi connectivity index (χ4v) is 1.49. The molecule has 16 heavy (non-hydrogen) atoms. The van der Waals surface area contributed by atoms with Crippen LogP contribution < -0.4 is 5.32 Å². The Hall–Kier alpha value is -1.75. The van der Waals surface area contributed by atoms with E-state index in [1.165, 1.54) is 0 Å². The largest absolute Gasteiger partial charge is 0.478 e. The lowest BCUT2D eigenvalue weighted by molar-refractivity contribution is -0.131. The molecule has 0 saturated heterocycles. The van der Waals surface area contributed by atoms with Gasteiger partial charge in [0.25, 0.3) is 0 Å². The Morgan fingerprint density at radius 1 is 1.38 bits per heavy atom. The van der Waals surface area contributed by atoms with Crippen molar-refractivity contribution in [1.29, 1.82) is 0 Å². The third-order valence-corrected chi connectivity index (χ3v) is 2.44. The van der Waals surface area contributed by atoms with Crippen LogP contribution in [0.2, 0.25) is 0 Å². The molecule has 0 unspecified atom stereocenters. The van der Waals surface area contributed by atoms with Crippen LogP contribution in [0.1, 0.15) is 0 Å². The van der Waals surface area contributed by atoms with Crippen LogP contribution in [0.5, 0.6) is 0 Å². The zero-order valence-electron chi connectivity index (χ0n) is 8.64. The molecule has 1 aromatic carbocycles. The molecule has 1 amide bonds. The second-order valence-corrected chi connectivity index (χ2v) is 3.77. The Kier molecular flexibility index (Phi) is 4.60. The van der Waals surface area contributed by atoms with E-state index in [9.17, 15) is 9.59 Å². The number of amides is 1. The lowest BCUT2D eigenvalue weighted by Gasteiger charge is -2.03. The molecule has 4 nitrogen and oxygen atoms in total. The molecular weight excluding hydrogens is 226 g/mol. The number of benzene rings is 1. The average Bonchev–Trinajstić information content (AvgIpc) is 2.26. The van der Waals surface area contributed by atoms with Gasteiger partial charge in [-0.1, -0.05) is 6.07 Å². The van der Waals surface area contributed by atoms with Gasteiger partial charge < -0.3 is 10.4 Å². The van der Waals surface area contributed by atoms with Gasteiger partial charge in [0.15, 0.2) is 0 Å². The first-order valence-electron chi connectivity index (χ1n) is 4.48. The quantitative estimate of drug-likeness (QED) is 0.620. The van der Waals surface area contributed by atoms with Gasteiger partial charge >= 0.3 is 5.97 Å². The van der Waals surface area contributed by atoms with Crippen molar-refractivity contribution in [2.45, 2.75) is 4.90 Å². The first kappa shape index (κ1) is 12.3. The summed E-state index contributed by atoms with van der Waals surface area (Å²) >= 11 is 1.56. The first-order chi connectivity index (χ1) is 7.61. The molecule has 0 radical (unpaired) electrons. The van der Waals surface area contributed by atoms with Crippen molar-refractivity contribution in [2.75, 3.05) is 11.6 Å². The monoisotopic (exact) mass is 237 g/mol. The van der Waals surface area contributed by atoms with Gasteiger partial charge in [-0.25, -0.2) is 4.79 Å². The summed E-state index contributed by atoms with van der Waals surface area (Å²) in [5.41, 5.74) is 0.645. The van der Waals surface area contributed by atoms with Crippen LogP contribution in [0.25, 0.3) is 0 Å². The van der Waals surface area contributed by atoms with Gasteiger partial charge in [-0.15, -0.1) is 11.8 Å². The molecule has 84 valence electrons. The van der Waals surface area contributed by atoms with Gasteiger partial charge in [-0.3, -0.25) is 4.79 Å². The summed E-state index contributed by atoms with van der Waals surface area (Å²) in [6.45, 7) is 0. The highest BCUT2D eigenvalue weighted by molar-refractivity contribution is 7.98. The van der Waals surface area contributed by atoms with Crippen molar-refractivity contribution < 1.29 is 14.7 Å². The number of aliphatic carboxylic acids is 1. The Bertz CT molecular complexity index is 429. The molecule has 0 bridgehead atoms. The van der Waals surface area contributed by atoms with Crippen molar-refractivity contribution in [3.05, 3.63) is 36.4 Å². The minimum atomic E-state index is -1.15. The van der Waals surface area contributed by atoms with Crippen LogP contribution in [0, 0.1) is 0 Å². The summed E-state index contributed by atoms with van der Waals surface area (Å²) in [5, 5.41) is 10.9. The molecule has 0 spiro atoms. The second kappa shape index (κ2) is 5.97. The van der Waals surface area contributed by atoms with E-state index in [0.717, 1.165) is 17.0 Å². The fraction of sp³-hybridized carbons (Fsp3) is 0.0909. The summed E-state index contributed by atoms with van der Waals surface area (Å²) < 4.78 is 0. The van der Waals surface area contributed by atoms with Crippen LogP contribution in [0.15, 0.2) is 41.3 Å². The van der Waals surface area contributed by atoms with Gasteiger partial charge in [0.2, 0.25) is 5.91 Å². The maximum Gasteiger partial charge on any atom is 0.328 e. The molecule has 5 heteroatoms. The Labute approximate surface area is 97.4 Å². The predicted molar refractivity (Wildman–Crippen MR) is 63.6 cm³/mol. The van der Waals surface area contributed by atoms with E-state index in [1.807, 2.05) is 24.5 Å². The van der Waals surface area contributed by atoms with Gasteiger partial charge in [0, 0.05) is 22.7 Å². The predicted octanol–water partition coefficient (Wildman–Crippen LogP) is 1.99. The number of carbonyl (C=O) groups excluding carboxylic acids is 1. The summed E-state index contributed by atoms with van der Waals surface area (Å²) in [7, 11) is 0. The van der Waals surface area contributed by atoms with Crippen molar-refractivity contribution in [3.8, 4) is 0 Å². The zero-order chi connectivity index (χ0) is 12.0. The number of hydrogen-bond donors (Lipinski definition) is 2. The van der Waals surface area contributed by atoms with E-state index < -0.39 is 11.9 Å². The molecule has 0 fully saturated rings. The van der Waals surface area contributed by atoms with Gasteiger partial charge in [-0.05, 0) is 24.5 Å². The number of hydrogen-bond acceptors (Lipinski definition) is 3. The normalized spacial score (nSPS) is 10.3. The van der Waals surface area contributed by atoms with Crippen LogP contribution in [0.3, 0.4) is 0 Å². The molecule has 1 aromatic rings. The maximum atomic E-state index is 11.2. The lowest BCUT2D eigenvalue weighted by atomic mass is 10.3. The third kappa shape index (κ3) is 4.18. The maximum absolute atomic E-state index is 11.2. The Morgan fingerprint density at radius 2 is 2.12 bits per heavy atom. The Morgan fingerprint density at radius 3 is 2.75 bits per heavy atom. The molecule has 0 aliphatic heterocycles. The number of rotatable bonds is 4. The van der Waals surface area contributed by atoms with E-state index in [2.05, 4.69) is 5.32 Å². The third-order valence-electron chi connectivity index (χ3n) is 1.71. The number of carboxylic acid groups (broad SMARTS) is 1. The standard InChI is InChI=1S/C11H11NO3S/c1-16-9-4-2-3-8(7-9)12-10(13)5-6-11(14)15/h2-7H,1H3,(H,12,13)(H,14,15). The van der Waals surface area contributed by atoms with E-state index in [1.54, 1.807) is 17.8 Å². The van der Waals surface area contributed by atoms with Crippen molar-refractivity contribution in [1.82, 2.24) is 0 Å². The minimum absolute atomic E-state index is 0.458. The smallest absolute Gasteiger partial charge is 0.328 e. The topological polar surface area (TPSA) is 66.4 Å². The van der Waals surface area contributed by atoms with Crippen molar-refractivity contribution in [3.63, 3.8) is 0 Å². The van der Waals surface area contributed by atoms with Gasteiger partial charge in [0.1, 0.15) is 0 Å². The van der Waals surface area contributed by atoms with Gasteiger partial charge in [0.05, 0.1) is 0 Å². The van der Waals surface area contributed by atoms with Crippen molar-refractivity contribution >= 4 is 29.3 Å².